The number of anilines is 2. The average Bonchev–Trinajstić information content (AvgIpc) is 2.42. The summed E-state index contributed by atoms with van der Waals surface area (Å²) >= 11 is 0. The molecule has 6 nitrogen and oxygen atoms in total. The van der Waals surface area contributed by atoms with Crippen molar-refractivity contribution in [2.45, 2.75) is 46.6 Å². The molecule has 6 heteroatoms. The highest BCUT2D eigenvalue weighted by Crippen LogP contribution is 2.12. The fourth-order valence-corrected chi connectivity index (χ4v) is 2.19. The number of aryl methyl sites for hydroxylation is 1. The van der Waals surface area contributed by atoms with Crippen LogP contribution in [0.3, 0.4) is 0 Å². The van der Waals surface area contributed by atoms with Crippen LogP contribution in [0.5, 0.6) is 0 Å². The summed E-state index contributed by atoms with van der Waals surface area (Å²) in [6.45, 7) is 11.9. The van der Waals surface area contributed by atoms with Crippen molar-refractivity contribution in [2.24, 2.45) is 5.84 Å². The zero-order valence-corrected chi connectivity index (χ0v) is 13.1. The fraction of sp³-hybridized carbons (Fsp3) is 0.714. The van der Waals surface area contributed by atoms with Crippen LogP contribution in [0.2, 0.25) is 0 Å². The Morgan fingerprint density at radius 2 is 2.00 bits per heavy atom. The molecular weight excluding hydrogens is 252 g/mol. The number of aromatic nitrogens is 2. The number of nitrogen functional groups attached to an aromatic ring is 1. The first-order valence-corrected chi connectivity index (χ1v) is 7.40. The predicted molar refractivity (Wildman–Crippen MR) is 84.7 cm³/mol. The maximum absolute atomic E-state index is 5.35. The van der Waals surface area contributed by atoms with E-state index < -0.39 is 0 Å². The van der Waals surface area contributed by atoms with Crippen molar-refractivity contribution in [2.75, 3.05) is 30.4 Å². The van der Waals surface area contributed by atoms with Gasteiger partial charge in [0.2, 0.25) is 5.95 Å². The van der Waals surface area contributed by atoms with Gasteiger partial charge in [-0.2, -0.15) is 4.98 Å². The van der Waals surface area contributed by atoms with Crippen LogP contribution < -0.4 is 16.6 Å². The van der Waals surface area contributed by atoms with E-state index in [9.17, 15) is 0 Å². The first-order valence-electron chi connectivity index (χ1n) is 7.40. The molecule has 1 heterocycles. The van der Waals surface area contributed by atoms with Gasteiger partial charge in [0.1, 0.15) is 5.82 Å². The molecule has 0 amide bonds. The van der Waals surface area contributed by atoms with Crippen LogP contribution in [0.15, 0.2) is 6.07 Å². The molecule has 1 aromatic heterocycles. The minimum Gasteiger partial charge on any atom is -0.367 e. The zero-order chi connectivity index (χ0) is 15.0. The van der Waals surface area contributed by atoms with Gasteiger partial charge in [0.05, 0.1) is 0 Å². The molecule has 0 radical (unpaired) electrons. The second kappa shape index (κ2) is 8.71. The molecule has 0 saturated carbocycles. The Kier molecular flexibility index (Phi) is 7.25. The van der Waals surface area contributed by atoms with Crippen molar-refractivity contribution in [1.82, 2.24) is 14.9 Å². The lowest BCUT2D eigenvalue weighted by Gasteiger charge is -2.20. The second-order valence-corrected chi connectivity index (χ2v) is 5.08. The lowest BCUT2D eigenvalue weighted by molar-refractivity contribution is 0.295. The summed E-state index contributed by atoms with van der Waals surface area (Å²) in [5.41, 5.74) is 3.38. The van der Waals surface area contributed by atoms with E-state index in [0.29, 0.717) is 12.0 Å². The monoisotopic (exact) mass is 280 g/mol. The van der Waals surface area contributed by atoms with E-state index in [2.05, 4.69) is 46.4 Å². The lowest BCUT2D eigenvalue weighted by atomic mass is 10.1. The highest BCUT2D eigenvalue weighted by molar-refractivity contribution is 5.42. The SMILES string of the molecule is CCN(CC)CCCC(C)Nc1cc(C)nc(NN)n1. The van der Waals surface area contributed by atoms with E-state index in [1.54, 1.807) is 0 Å². The smallest absolute Gasteiger partial charge is 0.239 e. The Morgan fingerprint density at radius 1 is 1.30 bits per heavy atom. The summed E-state index contributed by atoms with van der Waals surface area (Å²) in [7, 11) is 0. The molecule has 0 saturated heterocycles. The molecule has 0 bridgehead atoms. The molecule has 1 aromatic rings. The van der Waals surface area contributed by atoms with E-state index in [1.165, 1.54) is 6.42 Å². The maximum Gasteiger partial charge on any atom is 0.239 e. The molecule has 0 aliphatic heterocycles. The summed E-state index contributed by atoms with van der Waals surface area (Å²) in [5, 5.41) is 3.40. The molecule has 0 fully saturated rings. The van der Waals surface area contributed by atoms with Crippen molar-refractivity contribution < 1.29 is 0 Å². The van der Waals surface area contributed by atoms with E-state index in [0.717, 1.165) is 37.6 Å². The number of rotatable bonds is 9. The van der Waals surface area contributed by atoms with Crippen LogP contribution in [-0.4, -0.2) is 40.5 Å². The Hall–Kier alpha value is -1.40. The quantitative estimate of drug-likeness (QED) is 0.474. The van der Waals surface area contributed by atoms with Gasteiger partial charge < -0.3 is 10.2 Å². The predicted octanol–water partition coefficient (Wildman–Crippen LogP) is 1.99. The van der Waals surface area contributed by atoms with Gasteiger partial charge in [0.25, 0.3) is 0 Å². The van der Waals surface area contributed by atoms with Gasteiger partial charge in [-0.25, -0.2) is 10.8 Å². The van der Waals surface area contributed by atoms with Gasteiger partial charge in [-0.3, -0.25) is 5.43 Å². The summed E-state index contributed by atoms with van der Waals surface area (Å²) in [6, 6.07) is 2.31. The van der Waals surface area contributed by atoms with Crippen molar-refractivity contribution >= 4 is 11.8 Å². The van der Waals surface area contributed by atoms with E-state index >= 15 is 0 Å². The molecule has 1 atom stereocenters. The lowest BCUT2D eigenvalue weighted by Crippen LogP contribution is -2.26. The zero-order valence-electron chi connectivity index (χ0n) is 13.1. The molecule has 0 aliphatic carbocycles. The molecule has 20 heavy (non-hydrogen) atoms. The summed E-state index contributed by atoms with van der Waals surface area (Å²) in [4.78, 5) is 10.9. The van der Waals surface area contributed by atoms with E-state index in [4.69, 9.17) is 5.84 Å². The van der Waals surface area contributed by atoms with Gasteiger partial charge in [-0.1, -0.05) is 13.8 Å². The molecule has 0 spiro atoms. The summed E-state index contributed by atoms with van der Waals surface area (Å²) in [5.74, 6) is 6.62. The highest BCUT2D eigenvalue weighted by atomic mass is 15.3. The Labute approximate surface area is 122 Å². The fourth-order valence-electron chi connectivity index (χ4n) is 2.19. The average molecular weight is 280 g/mol. The van der Waals surface area contributed by atoms with Crippen LogP contribution in [-0.2, 0) is 0 Å². The molecule has 1 unspecified atom stereocenters. The first-order chi connectivity index (χ1) is 9.58. The van der Waals surface area contributed by atoms with E-state index in [1.807, 2.05) is 13.0 Å². The topological polar surface area (TPSA) is 79.1 Å². The van der Waals surface area contributed by atoms with Gasteiger partial charge in [-0.15, -0.1) is 0 Å². The number of nitrogens with two attached hydrogens (primary N) is 1. The van der Waals surface area contributed by atoms with Crippen molar-refractivity contribution in [3.05, 3.63) is 11.8 Å². The first kappa shape index (κ1) is 16.7. The normalized spacial score (nSPS) is 12.5. The third-order valence-corrected chi connectivity index (χ3v) is 3.38. The van der Waals surface area contributed by atoms with Gasteiger partial charge >= 0.3 is 0 Å². The maximum atomic E-state index is 5.35. The van der Waals surface area contributed by atoms with Gasteiger partial charge in [0, 0.05) is 17.8 Å². The van der Waals surface area contributed by atoms with E-state index in [-0.39, 0.29) is 0 Å². The minimum atomic E-state index is 0.380. The standard InChI is InChI=1S/C14H28N6/c1-5-20(6-2)9-7-8-11(3)16-13-10-12(4)17-14(18-13)19-15/h10-11H,5-9,15H2,1-4H3,(H2,16,17,18,19). The molecule has 114 valence electrons. The Bertz CT molecular complexity index is 391. The Morgan fingerprint density at radius 3 is 2.60 bits per heavy atom. The van der Waals surface area contributed by atoms with Crippen LogP contribution in [0.1, 0.15) is 39.3 Å². The third-order valence-electron chi connectivity index (χ3n) is 3.38. The highest BCUT2D eigenvalue weighted by Gasteiger charge is 2.06. The van der Waals surface area contributed by atoms with Gasteiger partial charge in [0.15, 0.2) is 0 Å². The van der Waals surface area contributed by atoms with Crippen LogP contribution >= 0.6 is 0 Å². The number of hydrogen-bond acceptors (Lipinski definition) is 6. The molecule has 0 aliphatic rings. The van der Waals surface area contributed by atoms with Crippen LogP contribution in [0, 0.1) is 6.92 Å². The third kappa shape index (κ3) is 5.71. The largest absolute Gasteiger partial charge is 0.367 e. The molecule has 4 N–H and O–H groups in total. The Balaban J connectivity index is 2.42. The van der Waals surface area contributed by atoms with Crippen LogP contribution in [0.25, 0.3) is 0 Å². The number of nitrogens with zero attached hydrogens (tertiary/aromatic N) is 3. The van der Waals surface area contributed by atoms with Gasteiger partial charge in [-0.05, 0) is 46.3 Å². The summed E-state index contributed by atoms with van der Waals surface area (Å²) < 4.78 is 0. The second-order valence-electron chi connectivity index (χ2n) is 5.08. The number of nitrogens with one attached hydrogen (secondary N) is 2. The molecule has 0 aromatic carbocycles. The number of hydrazine groups is 1. The van der Waals surface area contributed by atoms with Crippen molar-refractivity contribution in [1.29, 1.82) is 0 Å². The molecule has 1 rings (SSSR count). The minimum absolute atomic E-state index is 0.380. The number of hydrogen-bond donors (Lipinski definition) is 3. The summed E-state index contributed by atoms with van der Waals surface area (Å²) in [6.07, 6.45) is 2.30. The molecular formula is C14H28N6. The van der Waals surface area contributed by atoms with Crippen LogP contribution in [0.4, 0.5) is 11.8 Å². The van der Waals surface area contributed by atoms with Crippen molar-refractivity contribution in [3.63, 3.8) is 0 Å². The van der Waals surface area contributed by atoms with Crippen molar-refractivity contribution in [3.8, 4) is 0 Å².